The van der Waals surface area contributed by atoms with Crippen molar-refractivity contribution in [3.05, 3.63) is 58.4 Å². The second-order valence-electron chi connectivity index (χ2n) is 6.50. The molecule has 0 aliphatic carbocycles. The van der Waals surface area contributed by atoms with E-state index < -0.39 is 0 Å². The van der Waals surface area contributed by atoms with Gasteiger partial charge in [-0.15, -0.1) is 5.10 Å². The van der Waals surface area contributed by atoms with Crippen molar-refractivity contribution in [3.8, 4) is 0 Å². The van der Waals surface area contributed by atoms with Crippen molar-refractivity contribution < 1.29 is 4.79 Å². The summed E-state index contributed by atoms with van der Waals surface area (Å²) in [4.78, 5) is 26.9. The molecule has 3 aromatic heterocycles. The molecule has 0 saturated carbocycles. The number of pyridine rings is 1. The third kappa shape index (κ3) is 2.56. The molecular weight excluding hydrogens is 318 g/mol. The second kappa shape index (κ2) is 5.91. The van der Waals surface area contributed by atoms with Crippen LogP contribution in [0.1, 0.15) is 30.8 Å². The summed E-state index contributed by atoms with van der Waals surface area (Å²) in [6, 6.07) is 9.64. The third-order valence-electron chi connectivity index (χ3n) is 5.04. The van der Waals surface area contributed by atoms with Crippen LogP contribution in [-0.4, -0.2) is 36.1 Å². The van der Waals surface area contributed by atoms with Gasteiger partial charge < -0.3 is 9.47 Å². The van der Waals surface area contributed by atoms with Crippen LogP contribution < -0.4 is 5.69 Å². The number of aromatic nitrogens is 4. The lowest BCUT2D eigenvalue weighted by Gasteiger charge is -2.35. The first-order chi connectivity index (χ1) is 12.1. The molecule has 4 rings (SSSR count). The average Bonchev–Trinajstić information content (AvgIpc) is 3.15. The van der Waals surface area contributed by atoms with Gasteiger partial charge in [-0.1, -0.05) is 6.07 Å². The van der Waals surface area contributed by atoms with E-state index in [0.717, 1.165) is 6.54 Å². The number of carbonyl (C=O) groups is 1. The number of hydrogen-bond acceptors (Lipinski definition) is 3. The fourth-order valence-corrected chi connectivity index (χ4v) is 3.62. The Labute approximate surface area is 145 Å². The summed E-state index contributed by atoms with van der Waals surface area (Å²) >= 11 is 0. The summed E-state index contributed by atoms with van der Waals surface area (Å²) < 4.78 is 5.12. The minimum atomic E-state index is -0.209. The first-order valence-corrected chi connectivity index (χ1v) is 8.56. The van der Waals surface area contributed by atoms with E-state index in [1.807, 2.05) is 11.0 Å². The molecule has 0 saturated heterocycles. The molecule has 130 valence electrons. The van der Waals surface area contributed by atoms with Crippen LogP contribution in [0.5, 0.6) is 0 Å². The van der Waals surface area contributed by atoms with Gasteiger partial charge in [0.05, 0.1) is 12.6 Å². The van der Waals surface area contributed by atoms with Crippen LogP contribution in [0.4, 0.5) is 0 Å². The van der Waals surface area contributed by atoms with Crippen LogP contribution in [0.3, 0.4) is 0 Å². The molecule has 1 aliphatic heterocycles. The normalized spacial score (nSPS) is 17.0. The molecular formula is C18H21N5O2. The summed E-state index contributed by atoms with van der Waals surface area (Å²) in [5.74, 6) is 0.0570. The second-order valence-corrected chi connectivity index (χ2v) is 6.50. The van der Waals surface area contributed by atoms with Gasteiger partial charge in [0.1, 0.15) is 0 Å². The third-order valence-corrected chi connectivity index (χ3v) is 5.04. The molecule has 1 aliphatic rings. The molecule has 0 spiro atoms. The Bertz CT molecular complexity index is 996. The molecule has 4 heterocycles. The number of hydrogen-bond donors (Lipinski definition) is 0. The molecule has 0 fully saturated rings. The number of aryl methyl sites for hydroxylation is 2. The minimum Gasteiger partial charge on any atom is -0.345 e. The Morgan fingerprint density at radius 3 is 2.88 bits per heavy atom. The van der Waals surface area contributed by atoms with Gasteiger partial charge in [0.25, 0.3) is 0 Å². The molecule has 0 radical (unpaired) electrons. The smallest absolute Gasteiger partial charge is 0.345 e. The summed E-state index contributed by atoms with van der Waals surface area (Å²) in [6.07, 6.45) is 1.96. The van der Waals surface area contributed by atoms with Crippen molar-refractivity contribution in [2.75, 3.05) is 6.54 Å². The molecule has 25 heavy (non-hydrogen) atoms. The molecule has 0 aromatic carbocycles. The van der Waals surface area contributed by atoms with Gasteiger partial charge in [-0.3, -0.25) is 9.20 Å². The highest BCUT2D eigenvalue weighted by Crippen LogP contribution is 2.27. The van der Waals surface area contributed by atoms with Crippen LogP contribution in [0, 0.1) is 6.92 Å². The van der Waals surface area contributed by atoms with Gasteiger partial charge >= 0.3 is 5.69 Å². The highest BCUT2D eigenvalue weighted by atomic mass is 16.2. The zero-order chi connectivity index (χ0) is 17.6. The van der Waals surface area contributed by atoms with Crippen LogP contribution in [0.25, 0.3) is 5.65 Å². The number of amides is 1. The average molecular weight is 339 g/mol. The lowest BCUT2D eigenvalue weighted by molar-refractivity contribution is -0.134. The Morgan fingerprint density at radius 2 is 2.08 bits per heavy atom. The molecule has 3 aromatic rings. The molecule has 0 bridgehead atoms. The summed E-state index contributed by atoms with van der Waals surface area (Å²) in [7, 11) is 0. The fraction of sp³-hybridized carbons (Fsp3) is 0.389. The maximum absolute atomic E-state index is 12.7. The predicted octanol–water partition coefficient (Wildman–Crippen LogP) is 1.60. The van der Waals surface area contributed by atoms with Gasteiger partial charge in [-0.2, -0.15) is 0 Å². The monoisotopic (exact) mass is 339 g/mol. The van der Waals surface area contributed by atoms with Crippen LogP contribution >= 0.6 is 0 Å². The maximum Gasteiger partial charge on any atom is 0.350 e. The van der Waals surface area contributed by atoms with Crippen LogP contribution in [0.15, 0.2) is 41.3 Å². The largest absolute Gasteiger partial charge is 0.350 e. The zero-order valence-electron chi connectivity index (χ0n) is 14.4. The van der Waals surface area contributed by atoms with E-state index in [1.165, 1.54) is 20.5 Å². The summed E-state index contributed by atoms with van der Waals surface area (Å²) in [5, 5.41) is 4.28. The van der Waals surface area contributed by atoms with Crippen molar-refractivity contribution >= 4 is 11.6 Å². The van der Waals surface area contributed by atoms with Crippen LogP contribution in [-0.2, 0) is 17.9 Å². The number of nitrogens with zero attached hydrogens (tertiary/aromatic N) is 5. The number of fused-ring (bicyclic) bond motifs is 2. The Kier molecular flexibility index (Phi) is 3.71. The molecule has 0 unspecified atom stereocenters. The van der Waals surface area contributed by atoms with Gasteiger partial charge in [-0.25, -0.2) is 9.48 Å². The van der Waals surface area contributed by atoms with E-state index in [4.69, 9.17) is 0 Å². The fourth-order valence-electron chi connectivity index (χ4n) is 3.62. The predicted molar refractivity (Wildman–Crippen MR) is 93.4 cm³/mol. The highest BCUT2D eigenvalue weighted by molar-refractivity contribution is 5.76. The Balaban J connectivity index is 1.49. The van der Waals surface area contributed by atoms with Crippen molar-refractivity contribution in [3.63, 3.8) is 0 Å². The molecule has 1 amide bonds. The number of carbonyl (C=O) groups excluding carboxylic acids is 1. The SMILES string of the molecule is Cc1ccc2n1CCN(C(=O)CCn1nc3ccccn3c1=O)[C@H]2C. The molecule has 7 nitrogen and oxygen atoms in total. The van der Waals surface area contributed by atoms with E-state index in [2.05, 4.69) is 35.6 Å². The first-order valence-electron chi connectivity index (χ1n) is 8.56. The summed E-state index contributed by atoms with van der Waals surface area (Å²) in [6.45, 7) is 5.95. The molecule has 7 heteroatoms. The van der Waals surface area contributed by atoms with E-state index in [-0.39, 0.29) is 24.1 Å². The summed E-state index contributed by atoms with van der Waals surface area (Å²) in [5.41, 5.74) is 2.78. The molecule has 1 atom stereocenters. The van der Waals surface area contributed by atoms with Crippen molar-refractivity contribution in [2.45, 2.75) is 39.4 Å². The first kappa shape index (κ1) is 15.7. The van der Waals surface area contributed by atoms with E-state index >= 15 is 0 Å². The zero-order valence-corrected chi connectivity index (χ0v) is 14.4. The Hall–Kier alpha value is -2.83. The lowest BCUT2D eigenvalue weighted by Crippen LogP contribution is -2.41. The Morgan fingerprint density at radius 1 is 1.24 bits per heavy atom. The van der Waals surface area contributed by atoms with Crippen LogP contribution in [0.2, 0.25) is 0 Å². The lowest BCUT2D eigenvalue weighted by atomic mass is 10.1. The highest BCUT2D eigenvalue weighted by Gasteiger charge is 2.28. The van der Waals surface area contributed by atoms with Gasteiger partial charge in [0.2, 0.25) is 5.91 Å². The van der Waals surface area contributed by atoms with Crippen molar-refractivity contribution in [2.24, 2.45) is 0 Å². The molecule has 0 N–H and O–H groups in total. The topological polar surface area (TPSA) is 64.5 Å². The van der Waals surface area contributed by atoms with Gasteiger partial charge in [-0.05, 0) is 38.1 Å². The van der Waals surface area contributed by atoms with Gasteiger partial charge in [0, 0.05) is 37.1 Å². The van der Waals surface area contributed by atoms with E-state index in [0.29, 0.717) is 18.7 Å². The minimum absolute atomic E-state index is 0.0488. The maximum atomic E-state index is 12.7. The number of rotatable bonds is 3. The standard InChI is InChI=1S/C18H21N5O2/c1-13-6-7-15-14(2)21(12-11-20(13)15)17(24)8-10-23-18(25)22-9-4-3-5-16(22)19-23/h3-7,9,14H,8,10-12H2,1-2H3/t14-/m0/s1. The van der Waals surface area contributed by atoms with Crippen molar-refractivity contribution in [1.29, 1.82) is 0 Å². The van der Waals surface area contributed by atoms with Crippen molar-refractivity contribution in [1.82, 2.24) is 23.6 Å². The van der Waals surface area contributed by atoms with Gasteiger partial charge in [0.15, 0.2) is 5.65 Å². The van der Waals surface area contributed by atoms with E-state index in [1.54, 1.807) is 18.3 Å². The quantitative estimate of drug-likeness (QED) is 0.728. The van der Waals surface area contributed by atoms with E-state index in [9.17, 15) is 9.59 Å².